The van der Waals surface area contributed by atoms with Gasteiger partial charge in [0.15, 0.2) is 11.5 Å². The number of hydrogen-bond acceptors (Lipinski definition) is 6. The minimum atomic E-state index is -0.907. The number of nitrogens with one attached hydrogen (secondary N) is 2. The summed E-state index contributed by atoms with van der Waals surface area (Å²) in [6.07, 6.45) is -0.746. The highest BCUT2D eigenvalue weighted by atomic mass is 16.5. The Morgan fingerprint density at radius 1 is 1.03 bits per heavy atom. The zero-order chi connectivity index (χ0) is 21.2. The number of benzene rings is 2. The lowest BCUT2D eigenvalue weighted by Crippen LogP contribution is -2.36. The highest BCUT2D eigenvalue weighted by Crippen LogP contribution is 2.36. The van der Waals surface area contributed by atoms with E-state index in [0.29, 0.717) is 22.9 Å². The van der Waals surface area contributed by atoms with E-state index in [0.717, 1.165) is 5.56 Å². The van der Waals surface area contributed by atoms with Gasteiger partial charge in [0.1, 0.15) is 12.7 Å². The molecule has 156 valence electrons. The van der Waals surface area contributed by atoms with Gasteiger partial charge in [-0.2, -0.15) is 0 Å². The van der Waals surface area contributed by atoms with Crippen LogP contribution in [0.3, 0.4) is 0 Å². The van der Waals surface area contributed by atoms with Crippen LogP contribution in [0, 0.1) is 0 Å². The minimum absolute atomic E-state index is 0.0393. The highest BCUT2D eigenvalue weighted by Gasteiger charge is 2.14. The lowest BCUT2D eigenvalue weighted by atomic mass is 10.1. The summed E-state index contributed by atoms with van der Waals surface area (Å²) in [4.78, 5) is 23.1. The van der Waals surface area contributed by atoms with E-state index in [2.05, 4.69) is 10.6 Å². The Balaban J connectivity index is 1.80. The summed E-state index contributed by atoms with van der Waals surface area (Å²) in [5.41, 5.74) is 1.46. The van der Waals surface area contributed by atoms with Crippen LogP contribution in [0.2, 0.25) is 0 Å². The van der Waals surface area contributed by atoms with Crippen LogP contribution in [0.5, 0.6) is 17.2 Å². The zero-order valence-electron chi connectivity index (χ0n) is 16.7. The number of rotatable bonds is 10. The molecule has 0 fully saturated rings. The smallest absolute Gasteiger partial charge is 0.224 e. The molecule has 0 radical (unpaired) electrons. The summed E-state index contributed by atoms with van der Waals surface area (Å²) >= 11 is 0. The second-order valence-electron chi connectivity index (χ2n) is 6.32. The summed E-state index contributed by atoms with van der Waals surface area (Å²) in [7, 11) is 3.03. The molecule has 2 aromatic carbocycles. The van der Waals surface area contributed by atoms with Gasteiger partial charge in [-0.15, -0.1) is 0 Å². The molecule has 1 unspecified atom stereocenters. The SMILES string of the molecule is COc1cccc(OC)c1OCC(O)CNC(=O)Cc1ccc(NC(C)=O)cc1. The molecule has 0 bridgehead atoms. The predicted octanol–water partition coefficient (Wildman–Crippen LogP) is 1.76. The summed E-state index contributed by atoms with van der Waals surface area (Å²) in [5.74, 6) is 0.984. The standard InChI is InChI=1S/C21H26N2O6/c1-14(24)23-16-9-7-15(8-10-16)11-20(26)22-12-17(25)13-29-21-18(27-2)5-4-6-19(21)28-3/h4-10,17,25H,11-13H2,1-3H3,(H,22,26)(H,23,24). The molecule has 0 saturated carbocycles. The van der Waals surface area contributed by atoms with Gasteiger partial charge < -0.3 is 30.0 Å². The molecule has 0 aromatic heterocycles. The fourth-order valence-corrected chi connectivity index (χ4v) is 2.59. The maximum atomic E-state index is 12.1. The van der Waals surface area contributed by atoms with Crippen LogP contribution >= 0.6 is 0 Å². The minimum Gasteiger partial charge on any atom is -0.493 e. The first-order valence-corrected chi connectivity index (χ1v) is 9.08. The van der Waals surface area contributed by atoms with E-state index < -0.39 is 6.10 Å². The van der Waals surface area contributed by atoms with E-state index in [4.69, 9.17) is 14.2 Å². The zero-order valence-corrected chi connectivity index (χ0v) is 16.7. The van der Waals surface area contributed by atoms with Crippen LogP contribution in [-0.2, 0) is 16.0 Å². The number of aliphatic hydroxyl groups excluding tert-OH is 1. The molecule has 0 spiro atoms. The van der Waals surface area contributed by atoms with E-state index in [1.54, 1.807) is 42.5 Å². The van der Waals surface area contributed by atoms with Gasteiger partial charge in [-0.25, -0.2) is 0 Å². The molecule has 0 heterocycles. The summed E-state index contributed by atoms with van der Waals surface area (Å²) in [6.45, 7) is 1.43. The molecule has 0 aliphatic carbocycles. The summed E-state index contributed by atoms with van der Waals surface area (Å²) in [6, 6.07) is 12.2. The monoisotopic (exact) mass is 402 g/mol. The molecule has 2 rings (SSSR count). The Bertz CT molecular complexity index is 800. The Hall–Kier alpha value is -3.26. The van der Waals surface area contributed by atoms with Gasteiger partial charge in [-0.05, 0) is 29.8 Å². The van der Waals surface area contributed by atoms with Crippen molar-refractivity contribution in [1.29, 1.82) is 0 Å². The molecule has 0 aliphatic rings. The van der Waals surface area contributed by atoms with Crippen molar-refractivity contribution in [3.8, 4) is 17.2 Å². The molecule has 29 heavy (non-hydrogen) atoms. The van der Waals surface area contributed by atoms with Gasteiger partial charge in [0, 0.05) is 19.2 Å². The van der Waals surface area contributed by atoms with E-state index in [-0.39, 0.29) is 31.4 Å². The second kappa shape index (κ2) is 10.9. The third-order valence-electron chi connectivity index (χ3n) is 3.98. The largest absolute Gasteiger partial charge is 0.493 e. The Morgan fingerprint density at radius 3 is 2.21 bits per heavy atom. The van der Waals surface area contributed by atoms with Gasteiger partial charge in [0.05, 0.1) is 20.6 Å². The van der Waals surface area contributed by atoms with Crippen molar-refractivity contribution in [1.82, 2.24) is 5.32 Å². The van der Waals surface area contributed by atoms with Crippen LogP contribution in [0.1, 0.15) is 12.5 Å². The van der Waals surface area contributed by atoms with Gasteiger partial charge >= 0.3 is 0 Å². The van der Waals surface area contributed by atoms with Crippen LogP contribution < -0.4 is 24.8 Å². The number of amides is 2. The molecule has 0 aliphatic heterocycles. The topological polar surface area (TPSA) is 106 Å². The molecule has 2 amide bonds. The molecule has 2 aromatic rings. The van der Waals surface area contributed by atoms with Crippen molar-refractivity contribution in [3.63, 3.8) is 0 Å². The third-order valence-corrected chi connectivity index (χ3v) is 3.98. The van der Waals surface area contributed by atoms with Crippen LogP contribution in [-0.4, -0.2) is 50.4 Å². The van der Waals surface area contributed by atoms with Crippen molar-refractivity contribution in [3.05, 3.63) is 48.0 Å². The second-order valence-corrected chi connectivity index (χ2v) is 6.32. The van der Waals surface area contributed by atoms with Crippen molar-refractivity contribution < 1.29 is 28.9 Å². The molecule has 1 atom stereocenters. The van der Waals surface area contributed by atoms with Crippen molar-refractivity contribution in [2.45, 2.75) is 19.4 Å². The fraction of sp³-hybridized carbons (Fsp3) is 0.333. The normalized spacial score (nSPS) is 11.3. The van der Waals surface area contributed by atoms with Gasteiger partial charge in [-0.1, -0.05) is 18.2 Å². The number of para-hydroxylation sites is 1. The van der Waals surface area contributed by atoms with Crippen molar-refractivity contribution in [2.24, 2.45) is 0 Å². The predicted molar refractivity (Wildman–Crippen MR) is 109 cm³/mol. The third kappa shape index (κ3) is 7.00. The van der Waals surface area contributed by atoms with Gasteiger partial charge in [-0.3, -0.25) is 9.59 Å². The number of hydrogen-bond donors (Lipinski definition) is 3. The Labute approximate surface area is 169 Å². The number of anilines is 1. The number of ether oxygens (including phenoxy) is 3. The Morgan fingerprint density at radius 2 is 1.66 bits per heavy atom. The fourth-order valence-electron chi connectivity index (χ4n) is 2.59. The lowest BCUT2D eigenvalue weighted by molar-refractivity contribution is -0.121. The van der Waals surface area contributed by atoms with Crippen LogP contribution in [0.15, 0.2) is 42.5 Å². The van der Waals surface area contributed by atoms with Crippen molar-refractivity contribution >= 4 is 17.5 Å². The van der Waals surface area contributed by atoms with Crippen molar-refractivity contribution in [2.75, 3.05) is 32.7 Å². The maximum absolute atomic E-state index is 12.1. The van der Waals surface area contributed by atoms with E-state index in [1.165, 1.54) is 21.1 Å². The van der Waals surface area contributed by atoms with Crippen LogP contribution in [0.25, 0.3) is 0 Å². The molecular weight excluding hydrogens is 376 g/mol. The summed E-state index contributed by atoms with van der Waals surface area (Å²) < 4.78 is 16.1. The Kier molecular flexibility index (Phi) is 8.29. The number of methoxy groups -OCH3 is 2. The molecule has 8 heteroatoms. The van der Waals surface area contributed by atoms with Gasteiger partial charge in [0.2, 0.25) is 17.6 Å². The number of carbonyl (C=O) groups excluding carboxylic acids is 2. The first-order valence-electron chi connectivity index (χ1n) is 9.08. The quantitative estimate of drug-likeness (QED) is 0.559. The molecule has 0 saturated heterocycles. The van der Waals surface area contributed by atoms with Crippen LogP contribution in [0.4, 0.5) is 5.69 Å². The highest BCUT2D eigenvalue weighted by molar-refractivity contribution is 5.88. The molecular formula is C21H26N2O6. The van der Waals surface area contributed by atoms with Gasteiger partial charge in [0.25, 0.3) is 0 Å². The van der Waals surface area contributed by atoms with E-state index in [9.17, 15) is 14.7 Å². The average Bonchev–Trinajstić information content (AvgIpc) is 2.71. The maximum Gasteiger partial charge on any atom is 0.224 e. The first-order chi connectivity index (χ1) is 13.9. The number of carbonyl (C=O) groups is 2. The number of aliphatic hydroxyl groups is 1. The molecule has 8 nitrogen and oxygen atoms in total. The molecule has 3 N–H and O–H groups in total. The van der Waals surface area contributed by atoms with E-state index in [1.807, 2.05) is 0 Å². The average molecular weight is 402 g/mol. The lowest BCUT2D eigenvalue weighted by Gasteiger charge is -2.17. The van der Waals surface area contributed by atoms with E-state index >= 15 is 0 Å². The first kappa shape index (κ1) is 22.0. The summed E-state index contributed by atoms with van der Waals surface area (Å²) in [5, 5.41) is 15.4.